The van der Waals surface area contributed by atoms with Gasteiger partial charge in [-0.05, 0) is 64.7 Å². The van der Waals surface area contributed by atoms with E-state index in [0.717, 1.165) is 35.1 Å². The van der Waals surface area contributed by atoms with E-state index in [-0.39, 0.29) is 11.8 Å². The van der Waals surface area contributed by atoms with Gasteiger partial charge in [0.1, 0.15) is 17.7 Å². The fourth-order valence-corrected chi connectivity index (χ4v) is 3.88. The first kappa shape index (κ1) is 28.9. The normalized spacial score (nSPS) is 12.9. The highest BCUT2D eigenvalue weighted by molar-refractivity contribution is 5.92. The molecule has 2 unspecified atom stereocenters. The lowest BCUT2D eigenvalue weighted by Crippen LogP contribution is -2.52. The van der Waals surface area contributed by atoms with E-state index in [1.54, 1.807) is 32.6 Å². The Morgan fingerprint density at radius 2 is 1.69 bits per heavy atom. The topological polar surface area (TPSA) is 87.7 Å². The predicted octanol–water partition coefficient (Wildman–Crippen LogP) is 5.20. The first-order valence-corrected chi connectivity index (χ1v) is 12.6. The second-order valence-electron chi connectivity index (χ2n) is 10.2. The molecule has 0 saturated carbocycles. The molecule has 196 valence electrons. The van der Waals surface area contributed by atoms with E-state index >= 15 is 0 Å². The molecule has 0 aliphatic heterocycles. The number of nitrogens with zero attached hydrogens (tertiary/aromatic N) is 1. The maximum Gasteiger partial charge on any atom is 0.408 e. The summed E-state index contributed by atoms with van der Waals surface area (Å²) < 4.78 is 5.33. The lowest BCUT2D eigenvalue weighted by atomic mass is 9.96. The molecule has 0 heterocycles. The van der Waals surface area contributed by atoms with Crippen LogP contribution in [0.3, 0.4) is 0 Å². The number of nitrogens with one attached hydrogen (secondary N) is 2. The third-order valence-corrected chi connectivity index (χ3v) is 5.74. The Kier molecular flexibility index (Phi) is 10.5. The van der Waals surface area contributed by atoms with Gasteiger partial charge in [-0.3, -0.25) is 9.59 Å². The van der Waals surface area contributed by atoms with Crippen LogP contribution in [0.1, 0.15) is 75.8 Å². The Morgan fingerprint density at radius 3 is 2.31 bits per heavy atom. The van der Waals surface area contributed by atoms with Gasteiger partial charge >= 0.3 is 6.09 Å². The fraction of sp³-hybridized carbons (Fsp3) is 0.483. The van der Waals surface area contributed by atoms with Gasteiger partial charge in [0.05, 0.1) is 0 Å². The fourth-order valence-electron chi connectivity index (χ4n) is 3.88. The standard InChI is InChI=1S/C29H41N3O4/c1-8-9-17-32(27(34)22(4)31-28(35)36-29(5,6)7)25(24-18-20(2)15-16-21(24)3)26(33)30-19-23-13-11-10-12-14-23/h10-16,18,22,25H,8-9,17,19H2,1-7H3,(H,30,33)(H,31,35). The Hall–Kier alpha value is -3.35. The number of carbonyl (C=O) groups excluding carboxylic acids is 3. The van der Waals surface area contributed by atoms with Crippen LogP contribution < -0.4 is 10.6 Å². The summed E-state index contributed by atoms with van der Waals surface area (Å²) in [6.45, 7) is 13.6. The van der Waals surface area contributed by atoms with Gasteiger partial charge in [0.2, 0.25) is 11.8 Å². The van der Waals surface area contributed by atoms with Gasteiger partial charge in [0, 0.05) is 13.1 Å². The molecule has 0 aromatic heterocycles. The van der Waals surface area contributed by atoms with E-state index in [4.69, 9.17) is 4.74 Å². The number of benzene rings is 2. The van der Waals surface area contributed by atoms with Gasteiger partial charge in [-0.2, -0.15) is 0 Å². The Balaban J connectivity index is 2.40. The van der Waals surface area contributed by atoms with Crippen molar-refractivity contribution in [3.8, 4) is 0 Å². The maximum absolute atomic E-state index is 13.7. The lowest BCUT2D eigenvalue weighted by molar-refractivity contribution is -0.142. The summed E-state index contributed by atoms with van der Waals surface area (Å²) in [6.07, 6.45) is 0.900. The molecule has 0 saturated heterocycles. The zero-order valence-corrected chi connectivity index (χ0v) is 22.7. The van der Waals surface area contributed by atoms with Crippen LogP contribution in [0.2, 0.25) is 0 Å². The third kappa shape index (κ3) is 8.70. The van der Waals surface area contributed by atoms with Crippen LogP contribution in [0.4, 0.5) is 4.79 Å². The van der Waals surface area contributed by atoms with Gasteiger partial charge in [0.15, 0.2) is 0 Å². The molecular formula is C29H41N3O4. The zero-order valence-electron chi connectivity index (χ0n) is 22.7. The largest absolute Gasteiger partial charge is 0.444 e. The summed E-state index contributed by atoms with van der Waals surface area (Å²) in [5.41, 5.74) is 2.97. The van der Waals surface area contributed by atoms with Crippen LogP contribution in [0.25, 0.3) is 0 Å². The van der Waals surface area contributed by atoms with Gasteiger partial charge in [-0.1, -0.05) is 67.4 Å². The number of hydrogen-bond acceptors (Lipinski definition) is 4. The van der Waals surface area contributed by atoms with Gasteiger partial charge in [0.25, 0.3) is 0 Å². The Labute approximate surface area is 215 Å². The second-order valence-corrected chi connectivity index (χ2v) is 10.2. The van der Waals surface area contributed by atoms with Crippen molar-refractivity contribution in [1.82, 2.24) is 15.5 Å². The lowest BCUT2D eigenvalue weighted by Gasteiger charge is -2.34. The Morgan fingerprint density at radius 1 is 1.03 bits per heavy atom. The summed E-state index contributed by atoms with van der Waals surface area (Å²) in [6, 6.07) is 13.9. The van der Waals surface area contributed by atoms with Crippen molar-refractivity contribution >= 4 is 17.9 Å². The van der Waals surface area contributed by atoms with Crippen molar-refractivity contribution in [2.75, 3.05) is 6.54 Å². The number of amides is 3. The molecule has 0 fully saturated rings. The molecule has 0 radical (unpaired) electrons. The quantitative estimate of drug-likeness (QED) is 0.474. The summed E-state index contributed by atoms with van der Waals surface area (Å²) in [5, 5.41) is 5.66. The molecule has 7 heteroatoms. The molecular weight excluding hydrogens is 454 g/mol. The summed E-state index contributed by atoms with van der Waals surface area (Å²) in [5.74, 6) is -0.600. The maximum atomic E-state index is 13.7. The van der Waals surface area contributed by atoms with E-state index in [2.05, 4.69) is 10.6 Å². The smallest absolute Gasteiger partial charge is 0.408 e. The zero-order chi connectivity index (χ0) is 26.9. The molecule has 3 amide bonds. The van der Waals surface area contributed by atoms with Crippen molar-refractivity contribution in [1.29, 1.82) is 0 Å². The molecule has 7 nitrogen and oxygen atoms in total. The molecule has 0 bridgehead atoms. The molecule has 2 N–H and O–H groups in total. The summed E-state index contributed by atoms with van der Waals surface area (Å²) in [7, 11) is 0. The molecule has 2 atom stereocenters. The second kappa shape index (κ2) is 13.1. The minimum atomic E-state index is -0.869. The SMILES string of the molecule is CCCCN(C(=O)C(C)NC(=O)OC(C)(C)C)C(C(=O)NCc1ccccc1)c1cc(C)ccc1C. The highest BCUT2D eigenvalue weighted by Gasteiger charge is 2.35. The third-order valence-electron chi connectivity index (χ3n) is 5.74. The molecule has 36 heavy (non-hydrogen) atoms. The van der Waals surface area contributed by atoms with Crippen LogP contribution in [0.15, 0.2) is 48.5 Å². The molecule has 0 aliphatic carbocycles. The summed E-state index contributed by atoms with van der Waals surface area (Å²) >= 11 is 0. The Bertz CT molecular complexity index is 1030. The molecule has 0 aliphatic rings. The highest BCUT2D eigenvalue weighted by atomic mass is 16.6. The first-order chi connectivity index (χ1) is 16.9. The van der Waals surface area contributed by atoms with E-state index < -0.39 is 23.8 Å². The van der Waals surface area contributed by atoms with Crippen LogP contribution in [0, 0.1) is 13.8 Å². The average Bonchev–Trinajstić information content (AvgIpc) is 2.81. The monoisotopic (exact) mass is 495 g/mol. The van der Waals surface area contributed by atoms with Crippen molar-refractivity contribution in [3.63, 3.8) is 0 Å². The highest BCUT2D eigenvalue weighted by Crippen LogP contribution is 2.27. The molecule has 2 aromatic carbocycles. The number of aryl methyl sites for hydroxylation is 2. The molecule has 0 spiro atoms. The van der Waals surface area contributed by atoms with Crippen molar-refractivity contribution in [3.05, 3.63) is 70.8 Å². The number of ether oxygens (including phenoxy) is 1. The first-order valence-electron chi connectivity index (χ1n) is 12.6. The minimum absolute atomic E-state index is 0.263. The number of rotatable bonds is 10. The van der Waals surface area contributed by atoms with Gasteiger partial charge < -0.3 is 20.3 Å². The minimum Gasteiger partial charge on any atom is -0.444 e. The van der Waals surface area contributed by atoms with E-state index in [1.807, 2.05) is 69.3 Å². The number of hydrogen-bond donors (Lipinski definition) is 2. The van der Waals surface area contributed by atoms with Crippen LogP contribution >= 0.6 is 0 Å². The van der Waals surface area contributed by atoms with Crippen LogP contribution in [0.5, 0.6) is 0 Å². The van der Waals surface area contributed by atoms with Crippen LogP contribution in [-0.2, 0) is 20.9 Å². The molecule has 2 aromatic rings. The van der Waals surface area contributed by atoms with E-state index in [0.29, 0.717) is 13.1 Å². The number of carbonyl (C=O) groups is 3. The van der Waals surface area contributed by atoms with Crippen molar-refractivity contribution in [2.45, 2.75) is 85.5 Å². The van der Waals surface area contributed by atoms with Gasteiger partial charge in [-0.25, -0.2) is 4.79 Å². The number of alkyl carbamates (subject to hydrolysis) is 1. The van der Waals surface area contributed by atoms with E-state index in [9.17, 15) is 14.4 Å². The number of unbranched alkanes of at least 4 members (excludes halogenated alkanes) is 1. The predicted molar refractivity (Wildman–Crippen MR) is 142 cm³/mol. The van der Waals surface area contributed by atoms with Crippen LogP contribution in [-0.4, -0.2) is 41.0 Å². The van der Waals surface area contributed by atoms with Crippen molar-refractivity contribution in [2.24, 2.45) is 0 Å². The van der Waals surface area contributed by atoms with Crippen molar-refractivity contribution < 1.29 is 19.1 Å². The average molecular weight is 496 g/mol. The summed E-state index contributed by atoms with van der Waals surface area (Å²) in [4.78, 5) is 41.4. The van der Waals surface area contributed by atoms with Gasteiger partial charge in [-0.15, -0.1) is 0 Å². The molecule has 2 rings (SSSR count). The van der Waals surface area contributed by atoms with E-state index in [1.165, 1.54) is 0 Å².